The number of thiophene rings is 1. The predicted molar refractivity (Wildman–Crippen MR) is 94.4 cm³/mol. The van der Waals surface area contributed by atoms with Crippen LogP contribution in [0.3, 0.4) is 0 Å². The Labute approximate surface area is 147 Å². The first-order valence-electron chi connectivity index (χ1n) is 8.69. The summed E-state index contributed by atoms with van der Waals surface area (Å²) in [4.78, 5) is 27.3. The Morgan fingerprint density at radius 2 is 2.12 bits per heavy atom. The number of carbonyl (C=O) groups is 2. The van der Waals surface area contributed by atoms with Crippen molar-refractivity contribution in [2.75, 3.05) is 20.6 Å². The zero-order chi connectivity index (χ0) is 17.3. The molecule has 0 bridgehead atoms. The van der Waals surface area contributed by atoms with Crippen molar-refractivity contribution < 1.29 is 14.3 Å². The maximum atomic E-state index is 12.5. The normalized spacial score (nSPS) is 26.0. The van der Waals surface area contributed by atoms with Crippen LogP contribution in [0.4, 0.5) is 0 Å². The van der Waals surface area contributed by atoms with Gasteiger partial charge in [0.05, 0.1) is 11.7 Å². The fourth-order valence-electron chi connectivity index (χ4n) is 3.50. The lowest BCUT2D eigenvalue weighted by Gasteiger charge is -2.19. The summed E-state index contributed by atoms with van der Waals surface area (Å²) < 4.78 is 5.78. The number of hydrogen-bond donors (Lipinski definition) is 1. The molecular weight excluding hydrogens is 324 g/mol. The number of nitrogens with zero attached hydrogens (tertiary/aromatic N) is 1. The van der Waals surface area contributed by atoms with Crippen LogP contribution in [-0.2, 0) is 22.4 Å². The van der Waals surface area contributed by atoms with E-state index in [0.717, 1.165) is 37.7 Å². The molecule has 1 N–H and O–H groups in total. The number of amides is 2. The first kappa shape index (κ1) is 17.4. The van der Waals surface area contributed by atoms with E-state index in [9.17, 15) is 9.59 Å². The highest BCUT2D eigenvalue weighted by Gasteiger charge is 2.32. The lowest BCUT2D eigenvalue weighted by Crippen LogP contribution is -2.36. The van der Waals surface area contributed by atoms with Gasteiger partial charge >= 0.3 is 0 Å². The maximum Gasteiger partial charge on any atom is 0.252 e. The van der Waals surface area contributed by atoms with Gasteiger partial charge in [-0.3, -0.25) is 9.59 Å². The molecule has 132 valence electrons. The number of likely N-dealkylation sites (N-methyl/N-ethyl adjacent to an activating group) is 1. The molecule has 1 aliphatic heterocycles. The van der Waals surface area contributed by atoms with Gasteiger partial charge in [-0.2, -0.15) is 0 Å². The van der Waals surface area contributed by atoms with Crippen molar-refractivity contribution in [3.63, 3.8) is 0 Å². The van der Waals surface area contributed by atoms with E-state index in [1.807, 2.05) is 5.38 Å². The molecule has 1 aromatic rings. The highest BCUT2D eigenvalue weighted by atomic mass is 32.1. The zero-order valence-electron chi connectivity index (χ0n) is 14.6. The molecule has 6 heteroatoms. The van der Waals surface area contributed by atoms with Crippen LogP contribution in [0.5, 0.6) is 0 Å². The van der Waals surface area contributed by atoms with E-state index >= 15 is 0 Å². The minimum atomic E-state index is -0.364. The first-order chi connectivity index (χ1) is 11.5. The molecular formula is C18H26N2O3S. The summed E-state index contributed by atoms with van der Waals surface area (Å²) in [5, 5.41) is 4.99. The van der Waals surface area contributed by atoms with Crippen molar-refractivity contribution in [3.05, 3.63) is 21.4 Å². The van der Waals surface area contributed by atoms with Crippen molar-refractivity contribution in [3.8, 4) is 0 Å². The number of ether oxygens (including phenoxy) is 1. The highest BCUT2D eigenvalue weighted by Crippen LogP contribution is 2.32. The van der Waals surface area contributed by atoms with Gasteiger partial charge in [0.2, 0.25) is 0 Å². The quantitative estimate of drug-likeness (QED) is 0.906. The molecule has 0 unspecified atom stereocenters. The van der Waals surface area contributed by atoms with E-state index in [0.29, 0.717) is 12.5 Å². The average molecular weight is 350 g/mol. The van der Waals surface area contributed by atoms with Crippen molar-refractivity contribution in [2.45, 2.75) is 51.2 Å². The second-order valence-electron chi connectivity index (χ2n) is 7.17. The Balaban J connectivity index is 1.53. The lowest BCUT2D eigenvalue weighted by molar-refractivity contribution is -0.140. The topological polar surface area (TPSA) is 58.6 Å². The molecule has 0 saturated carbocycles. The molecule has 3 rings (SSSR count). The van der Waals surface area contributed by atoms with Gasteiger partial charge in [-0.25, -0.2) is 0 Å². The van der Waals surface area contributed by atoms with Crippen LogP contribution in [0.15, 0.2) is 5.38 Å². The number of rotatable bonds is 4. The molecule has 1 aromatic heterocycles. The Kier molecular flexibility index (Phi) is 5.25. The monoisotopic (exact) mass is 350 g/mol. The van der Waals surface area contributed by atoms with Crippen LogP contribution in [0.2, 0.25) is 0 Å². The maximum absolute atomic E-state index is 12.5. The lowest BCUT2D eigenvalue weighted by atomic mass is 9.88. The van der Waals surface area contributed by atoms with E-state index in [1.165, 1.54) is 10.4 Å². The van der Waals surface area contributed by atoms with Gasteiger partial charge in [-0.1, -0.05) is 6.92 Å². The second kappa shape index (κ2) is 7.23. The molecule has 0 aromatic carbocycles. The molecule has 24 heavy (non-hydrogen) atoms. The van der Waals surface area contributed by atoms with E-state index in [2.05, 4.69) is 12.2 Å². The van der Waals surface area contributed by atoms with Gasteiger partial charge in [-0.15, -0.1) is 11.3 Å². The number of carbonyl (C=O) groups excluding carboxylic acids is 2. The standard InChI is InChI=1S/C18H26N2O3S/c1-11-4-6-13-14(10-24-16(13)8-11)17(21)19-9-12-5-7-15(23-12)18(22)20(2)3/h10-12,15H,4-9H2,1-3H3,(H,19,21)/t11-,12+,15+/m1/s1. The third-order valence-electron chi connectivity index (χ3n) is 4.96. The van der Waals surface area contributed by atoms with E-state index in [1.54, 1.807) is 30.3 Å². The third-order valence-corrected chi connectivity index (χ3v) is 6.01. The summed E-state index contributed by atoms with van der Waals surface area (Å²) in [5.74, 6) is 0.711. The van der Waals surface area contributed by atoms with Crippen LogP contribution in [0.25, 0.3) is 0 Å². The Hall–Kier alpha value is -1.40. The molecule has 5 nitrogen and oxygen atoms in total. The highest BCUT2D eigenvalue weighted by molar-refractivity contribution is 7.10. The molecule has 1 fully saturated rings. The SMILES string of the molecule is C[C@@H]1CCc2c(C(=O)NC[C@@H]3CC[C@@H](C(=O)N(C)C)O3)csc2C1. The van der Waals surface area contributed by atoms with Crippen molar-refractivity contribution >= 4 is 23.2 Å². The summed E-state index contributed by atoms with van der Waals surface area (Å²) >= 11 is 1.71. The van der Waals surface area contributed by atoms with Crippen molar-refractivity contribution in [1.29, 1.82) is 0 Å². The van der Waals surface area contributed by atoms with Gasteiger partial charge < -0.3 is 15.0 Å². The van der Waals surface area contributed by atoms with Gasteiger partial charge in [0.1, 0.15) is 6.10 Å². The fraction of sp³-hybridized carbons (Fsp3) is 0.667. The molecule has 1 saturated heterocycles. The number of fused-ring (bicyclic) bond motifs is 1. The van der Waals surface area contributed by atoms with Gasteiger partial charge in [0.15, 0.2) is 0 Å². The van der Waals surface area contributed by atoms with Crippen LogP contribution < -0.4 is 5.32 Å². The third kappa shape index (κ3) is 3.64. The predicted octanol–water partition coefficient (Wildman–Crippen LogP) is 2.24. The van der Waals surface area contributed by atoms with Crippen LogP contribution in [0.1, 0.15) is 47.0 Å². The zero-order valence-corrected chi connectivity index (χ0v) is 15.4. The van der Waals surface area contributed by atoms with Crippen LogP contribution in [-0.4, -0.2) is 49.6 Å². The number of hydrogen-bond acceptors (Lipinski definition) is 4. The summed E-state index contributed by atoms with van der Waals surface area (Å²) in [6.45, 7) is 2.74. The fourth-order valence-corrected chi connectivity index (χ4v) is 4.74. The molecule has 2 heterocycles. The average Bonchev–Trinajstić information content (AvgIpc) is 3.18. The summed E-state index contributed by atoms with van der Waals surface area (Å²) in [5.41, 5.74) is 2.07. The Bertz CT molecular complexity index is 626. The van der Waals surface area contributed by atoms with Gasteiger partial charge in [0, 0.05) is 30.9 Å². The summed E-state index contributed by atoms with van der Waals surface area (Å²) in [6, 6.07) is 0. The molecule has 3 atom stereocenters. The summed E-state index contributed by atoms with van der Waals surface area (Å²) in [6.07, 6.45) is 4.35. The molecule has 2 aliphatic rings. The first-order valence-corrected chi connectivity index (χ1v) is 9.57. The molecule has 0 radical (unpaired) electrons. The van der Waals surface area contributed by atoms with Crippen molar-refractivity contribution in [1.82, 2.24) is 10.2 Å². The number of nitrogens with one attached hydrogen (secondary N) is 1. The Morgan fingerprint density at radius 3 is 2.88 bits per heavy atom. The van der Waals surface area contributed by atoms with E-state index < -0.39 is 0 Å². The largest absolute Gasteiger partial charge is 0.363 e. The van der Waals surface area contributed by atoms with E-state index in [-0.39, 0.29) is 24.0 Å². The molecule has 2 amide bonds. The second-order valence-corrected chi connectivity index (χ2v) is 8.13. The smallest absolute Gasteiger partial charge is 0.252 e. The van der Waals surface area contributed by atoms with Crippen molar-refractivity contribution in [2.24, 2.45) is 5.92 Å². The Morgan fingerprint density at radius 1 is 1.33 bits per heavy atom. The molecule has 0 spiro atoms. The van der Waals surface area contributed by atoms with Gasteiger partial charge in [-0.05, 0) is 43.6 Å². The van der Waals surface area contributed by atoms with Crippen LogP contribution >= 0.6 is 11.3 Å². The summed E-state index contributed by atoms with van der Waals surface area (Å²) in [7, 11) is 3.47. The minimum absolute atomic E-state index is 0.00449. The van der Waals surface area contributed by atoms with E-state index in [4.69, 9.17) is 4.74 Å². The molecule has 1 aliphatic carbocycles. The van der Waals surface area contributed by atoms with Crippen LogP contribution in [0, 0.1) is 5.92 Å². The van der Waals surface area contributed by atoms with Gasteiger partial charge in [0.25, 0.3) is 11.8 Å². The minimum Gasteiger partial charge on any atom is -0.363 e.